The standard InChI is InChI=1S/C13H14ClNO2S2/c1-17-12(16)6-7-15-13(9-3-2-8-18-9)10-4-5-11(14)19-10/h2-5,8,13,15H,6-7H2,1H3. The lowest BCUT2D eigenvalue weighted by atomic mass is 10.2. The molecule has 1 N–H and O–H groups in total. The van der Waals surface area contributed by atoms with E-state index in [0.29, 0.717) is 13.0 Å². The van der Waals surface area contributed by atoms with Crippen LogP contribution in [0.1, 0.15) is 22.2 Å². The normalized spacial score (nSPS) is 12.3. The van der Waals surface area contributed by atoms with Gasteiger partial charge in [0, 0.05) is 16.3 Å². The smallest absolute Gasteiger partial charge is 0.306 e. The van der Waals surface area contributed by atoms with Crippen molar-refractivity contribution in [2.75, 3.05) is 13.7 Å². The predicted octanol–water partition coefficient (Wildman–Crippen LogP) is 3.71. The molecule has 1 unspecified atom stereocenters. The summed E-state index contributed by atoms with van der Waals surface area (Å²) in [6, 6.07) is 8.09. The van der Waals surface area contributed by atoms with Crippen molar-refractivity contribution in [3.63, 3.8) is 0 Å². The van der Waals surface area contributed by atoms with Gasteiger partial charge in [0.05, 0.1) is 23.9 Å². The molecule has 2 aromatic heterocycles. The van der Waals surface area contributed by atoms with Gasteiger partial charge in [0.15, 0.2) is 0 Å². The third-order valence-electron chi connectivity index (χ3n) is 2.61. The summed E-state index contributed by atoms with van der Waals surface area (Å²) in [6.07, 6.45) is 0.359. The zero-order valence-electron chi connectivity index (χ0n) is 10.4. The molecule has 0 bridgehead atoms. The van der Waals surface area contributed by atoms with Gasteiger partial charge in [0.1, 0.15) is 0 Å². The second-order valence-corrected chi connectivity index (χ2v) is 6.60. The summed E-state index contributed by atoms with van der Waals surface area (Å²) >= 11 is 9.23. The van der Waals surface area contributed by atoms with Crippen LogP contribution in [0.25, 0.3) is 0 Å². The van der Waals surface area contributed by atoms with Crippen LogP contribution >= 0.6 is 34.3 Å². The number of rotatable bonds is 6. The minimum absolute atomic E-state index is 0.0853. The van der Waals surface area contributed by atoms with Crippen LogP contribution in [0.5, 0.6) is 0 Å². The summed E-state index contributed by atoms with van der Waals surface area (Å²) in [5.41, 5.74) is 0. The van der Waals surface area contributed by atoms with Gasteiger partial charge in [0.25, 0.3) is 0 Å². The quantitative estimate of drug-likeness (QED) is 0.826. The van der Waals surface area contributed by atoms with Gasteiger partial charge in [0.2, 0.25) is 0 Å². The van der Waals surface area contributed by atoms with Crippen LogP contribution in [0, 0.1) is 0 Å². The Kier molecular flexibility index (Phi) is 5.39. The molecule has 0 spiro atoms. The average Bonchev–Trinajstić information content (AvgIpc) is 3.06. The van der Waals surface area contributed by atoms with Crippen LogP contribution in [0.4, 0.5) is 0 Å². The number of nitrogens with one attached hydrogen (secondary N) is 1. The van der Waals surface area contributed by atoms with Crippen LogP contribution in [0.2, 0.25) is 4.34 Å². The van der Waals surface area contributed by atoms with Crippen molar-refractivity contribution < 1.29 is 9.53 Å². The molecular weight excluding hydrogens is 302 g/mol. The molecule has 6 heteroatoms. The van der Waals surface area contributed by atoms with E-state index in [2.05, 4.69) is 16.1 Å². The fourth-order valence-corrected chi connectivity index (χ4v) is 3.75. The Balaban J connectivity index is 2.05. The molecule has 0 aromatic carbocycles. The number of halogens is 1. The van der Waals surface area contributed by atoms with Crippen molar-refractivity contribution in [2.24, 2.45) is 0 Å². The first-order valence-electron chi connectivity index (χ1n) is 5.79. The molecule has 0 amide bonds. The number of ether oxygens (including phenoxy) is 1. The highest BCUT2D eigenvalue weighted by Crippen LogP contribution is 2.32. The van der Waals surface area contributed by atoms with Crippen LogP contribution in [0.3, 0.4) is 0 Å². The Morgan fingerprint density at radius 2 is 2.26 bits per heavy atom. The van der Waals surface area contributed by atoms with Gasteiger partial charge >= 0.3 is 5.97 Å². The lowest BCUT2D eigenvalue weighted by Gasteiger charge is -2.15. The van der Waals surface area contributed by atoms with Crippen LogP contribution in [0.15, 0.2) is 29.6 Å². The van der Waals surface area contributed by atoms with Gasteiger partial charge in [-0.2, -0.15) is 0 Å². The van der Waals surface area contributed by atoms with E-state index in [1.165, 1.54) is 12.0 Å². The minimum atomic E-state index is -0.207. The zero-order valence-corrected chi connectivity index (χ0v) is 12.8. The highest BCUT2D eigenvalue weighted by atomic mass is 35.5. The van der Waals surface area contributed by atoms with Crippen LogP contribution < -0.4 is 5.32 Å². The van der Waals surface area contributed by atoms with E-state index in [9.17, 15) is 4.79 Å². The number of methoxy groups -OCH3 is 1. The fraction of sp³-hybridized carbons (Fsp3) is 0.308. The number of thiophene rings is 2. The highest BCUT2D eigenvalue weighted by Gasteiger charge is 2.17. The van der Waals surface area contributed by atoms with E-state index in [1.54, 1.807) is 22.7 Å². The largest absolute Gasteiger partial charge is 0.469 e. The van der Waals surface area contributed by atoms with Crippen LogP contribution in [-0.4, -0.2) is 19.6 Å². The van der Waals surface area contributed by atoms with Gasteiger partial charge in [-0.25, -0.2) is 0 Å². The number of carbonyl (C=O) groups is 1. The molecule has 0 saturated heterocycles. The number of hydrogen-bond donors (Lipinski definition) is 1. The molecule has 0 aliphatic rings. The summed E-state index contributed by atoms with van der Waals surface area (Å²) in [7, 11) is 1.40. The first-order chi connectivity index (χ1) is 9.20. The number of carbonyl (C=O) groups excluding carboxylic acids is 1. The van der Waals surface area contributed by atoms with Crippen molar-refractivity contribution >= 4 is 40.2 Å². The Morgan fingerprint density at radius 1 is 1.42 bits per heavy atom. The van der Waals surface area contributed by atoms with E-state index in [0.717, 1.165) is 9.21 Å². The lowest BCUT2D eigenvalue weighted by molar-refractivity contribution is -0.140. The van der Waals surface area contributed by atoms with E-state index >= 15 is 0 Å². The van der Waals surface area contributed by atoms with Gasteiger partial charge < -0.3 is 10.1 Å². The predicted molar refractivity (Wildman–Crippen MR) is 80.1 cm³/mol. The highest BCUT2D eigenvalue weighted by molar-refractivity contribution is 7.16. The number of hydrogen-bond acceptors (Lipinski definition) is 5. The maximum absolute atomic E-state index is 11.1. The summed E-state index contributed by atoms with van der Waals surface area (Å²) in [5.74, 6) is -0.207. The maximum Gasteiger partial charge on any atom is 0.306 e. The van der Waals surface area contributed by atoms with Gasteiger partial charge in [-0.3, -0.25) is 4.79 Å². The molecular formula is C13H14ClNO2S2. The Morgan fingerprint density at radius 3 is 2.84 bits per heavy atom. The molecule has 0 aliphatic heterocycles. The van der Waals surface area contributed by atoms with Gasteiger partial charge in [-0.05, 0) is 23.6 Å². The third-order valence-corrected chi connectivity index (χ3v) is 4.84. The first kappa shape index (κ1) is 14.5. The van der Waals surface area contributed by atoms with Crippen molar-refractivity contribution in [3.05, 3.63) is 43.7 Å². The molecule has 2 rings (SSSR count). The molecule has 19 heavy (non-hydrogen) atoms. The topological polar surface area (TPSA) is 38.3 Å². The van der Waals surface area contributed by atoms with Crippen molar-refractivity contribution in [1.82, 2.24) is 5.32 Å². The number of esters is 1. The second-order valence-electron chi connectivity index (χ2n) is 3.87. The molecule has 3 nitrogen and oxygen atoms in total. The molecule has 2 aromatic rings. The summed E-state index contributed by atoms with van der Waals surface area (Å²) in [5, 5.41) is 5.42. The Labute approximate surface area is 125 Å². The first-order valence-corrected chi connectivity index (χ1v) is 7.87. The summed E-state index contributed by atoms with van der Waals surface area (Å²) < 4.78 is 5.41. The maximum atomic E-state index is 11.1. The molecule has 2 heterocycles. The SMILES string of the molecule is COC(=O)CCNC(c1cccs1)c1ccc(Cl)s1. The summed E-state index contributed by atoms with van der Waals surface area (Å²) in [6.45, 7) is 0.574. The second kappa shape index (κ2) is 7.05. The third kappa shape index (κ3) is 4.04. The van der Waals surface area contributed by atoms with Crippen LogP contribution in [-0.2, 0) is 9.53 Å². The molecule has 0 saturated carbocycles. The van der Waals surface area contributed by atoms with E-state index in [-0.39, 0.29) is 12.0 Å². The molecule has 0 fully saturated rings. The average molecular weight is 316 g/mol. The fourth-order valence-electron chi connectivity index (χ4n) is 1.70. The Bertz CT molecular complexity index is 524. The van der Waals surface area contributed by atoms with E-state index in [1.807, 2.05) is 23.6 Å². The molecule has 1 atom stereocenters. The molecule has 0 aliphatic carbocycles. The minimum Gasteiger partial charge on any atom is -0.469 e. The van der Waals surface area contributed by atoms with Crippen molar-refractivity contribution in [2.45, 2.75) is 12.5 Å². The van der Waals surface area contributed by atoms with E-state index in [4.69, 9.17) is 11.6 Å². The monoisotopic (exact) mass is 315 g/mol. The zero-order chi connectivity index (χ0) is 13.7. The molecule has 102 valence electrons. The van der Waals surface area contributed by atoms with E-state index < -0.39 is 0 Å². The Hall–Kier alpha value is -0.880. The summed E-state index contributed by atoms with van der Waals surface area (Å²) in [4.78, 5) is 13.5. The molecule has 0 radical (unpaired) electrons. The van der Waals surface area contributed by atoms with Crippen molar-refractivity contribution in [1.29, 1.82) is 0 Å². The van der Waals surface area contributed by atoms with Gasteiger partial charge in [-0.15, -0.1) is 22.7 Å². The van der Waals surface area contributed by atoms with Gasteiger partial charge in [-0.1, -0.05) is 17.7 Å². The van der Waals surface area contributed by atoms with Crippen molar-refractivity contribution in [3.8, 4) is 0 Å². The lowest BCUT2D eigenvalue weighted by Crippen LogP contribution is -2.24.